The minimum Gasteiger partial charge on any atom is -0.380 e. The second kappa shape index (κ2) is 5.88. The predicted molar refractivity (Wildman–Crippen MR) is 75.3 cm³/mol. The molecule has 3 nitrogen and oxygen atoms in total. The molecule has 1 aromatic heterocycles. The third-order valence-electron chi connectivity index (χ3n) is 3.27. The Morgan fingerprint density at radius 3 is 2.84 bits per heavy atom. The average Bonchev–Trinajstić information content (AvgIpc) is 2.68. The first-order valence-electron chi connectivity index (χ1n) is 6.30. The Balaban J connectivity index is 2.55. The number of benzene rings is 1. The van der Waals surface area contributed by atoms with E-state index in [1.54, 1.807) is 14.0 Å². The Morgan fingerprint density at radius 1 is 1.47 bits per heavy atom. The molecule has 0 spiro atoms. The van der Waals surface area contributed by atoms with Gasteiger partial charge in [0.1, 0.15) is 11.6 Å². The van der Waals surface area contributed by atoms with Crippen molar-refractivity contribution in [2.24, 2.45) is 0 Å². The van der Waals surface area contributed by atoms with Gasteiger partial charge in [-0.05, 0) is 25.5 Å². The van der Waals surface area contributed by atoms with Crippen molar-refractivity contribution in [2.45, 2.75) is 32.9 Å². The number of hydrogen-bond acceptors (Lipinski definition) is 2. The SMILES string of the molecule is COC(C)Cn1c(CCCl)nc2cc(F)c(C)cc21. The molecule has 1 unspecified atom stereocenters. The molecule has 1 aromatic carbocycles. The smallest absolute Gasteiger partial charge is 0.128 e. The molecule has 0 aliphatic carbocycles. The number of methoxy groups -OCH3 is 1. The minimum atomic E-state index is -0.227. The van der Waals surface area contributed by atoms with Crippen LogP contribution in [0.2, 0.25) is 0 Å². The number of rotatable bonds is 5. The standard InChI is InChI=1S/C14H18ClFN2O/c1-9-6-13-12(7-11(9)16)17-14(4-5-15)18(13)8-10(2)19-3/h6-7,10H,4-5,8H2,1-3H3. The molecule has 0 N–H and O–H groups in total. The van der Waals surface area contributed by atoms with Crippen LogP contribution in [-0.2, 0) is 17.7 Å². The quantitative estimate of drug-likeness (QED) is 0.788. The molecule has 5 heteroatoms. The van der Waals surface area contributed by atoms with Crippen molar-refractivity contribution in [2.75, 3.05) is 13.0 Å². The Kier molecular flexibility index (Phi) is 4.42. The fourth-order valence-corrected chi connectivity index (χ4v) is 2.28. The molecule has 1 heterocycles. The highest BCUT2D eigenvalue weighted by atomic mass is 35.5. The maximum Gasteiger partial charge on any atom is 0.128 e. The minimum absolute atomic E-state index is 0.0665. The Morgan fingerprint density at radius 2 is 2.21 bits per heavy atom. The molecular weight excluding hydrogens is 267 g/mol. The number of nitrogens with zero attached hydrogens (tertiary/aromatic N) is 2. The third-order valence-corrected chi connectivity index (χ3v) is 3.46. The van der Waals surface area contributed by atoms with Crippen molar-refractivity contribution in [3.8, 4) is 0 Å². The van der Waals surface area contributed by atoms with E-state index < -0.39 is 0 Å². The van der Waals surface area contributed by atoms with Crippen LogP contribution < -0.4 is 0 Å². The molecule has 0 aliphatic heterocycles. The highest BCUT2D eigenvalue weighted by Crippen LogP contribution is 2.21. The normalized spacial score (nSPS) is 13.1. The van der Waals surface area contributed by atoms with Crippen molar-refractivity contribution < 1.29 is 9.13 Å². The molecular formula is C14H18ClFN2O. The van der Waals surface area contributed by atoms with Gasteiger partial charge in [-0.2, -0.15) is 0 Å². The van der Waals surface area contributed by atoms with E-state index in [1.807, 2.05) is 13.0 Å². The lowest BCUT2D eigenvalue weighted by molar-refractivity contribution is 0.103. The second-order valence-corrected chi connectivity index (χ2v) is 5.09. The lowest BCUT2D eigenvalue weighted by Gasteiger charge is -2.14. The van der Waals surface area contributed by atoms with Gasteiger partial charge >= 0.3 is 0 Å². The number of aromatic nitrogens is 2. The van der Waals surface area contributed by atoms with Crippen molar-refractivity contribution in [1.82, 2.24) is 9.55 Å². The lowest BCUT2D eigenvalue weighted by Crippen LogP contribution is -2.17. The average molecular weight is 285 g/mol. The molecule has 0 saturated heterocycles. The van der Waals surface area contributed by atoms with E-state index in [-0.39, 0.29) is 11.9 Å². The zero-order chi connectivity index (χ0) is 14.0. The number of aryl methyl sites for hydroxylation is 2. The Labute approximate surface area is 117 Å². The topological polar surface area (TPSA) is 27.1 Å². The number of imidazole rings is 1. The molecule has 2 aromatic rings. The zero-order valence-electron chi connectivity index (χ0n) is 11.4. The van der Waals surface area contributed by atoms with Gasteiger partial charge in [0.2, 0.25) is 0 Å². The largest absolute Gasteiger partial charge is 0.380 e. The molecule has 0 fully saturated rings. The summed E-state index contributed by atoms with van der Waals surface area (Å²) >= 11 is 5.81. The monoisotopic (exact) mass is 284 g/mol. The summed E-state index contributed by atoms with van der Waals surface area (Å²) in [6.45, 7) is 4.43. The molecule has 0 bridgehead atoms. The van der Waals surface area contributed by atoms with Crippen molar-refractivity contribution in [3.63, 3.8) is 0 Å². The van der Waals surface area contributed by atoms with Crippen LogP contribution in [0.4, 0.5) is 4.39 Å². The maximum absolute atomic E-state index is 13.6. The second-order valence-electron chi connectivity index (χ2n) is 4.71. The summed E-state index contributed by atoms with van der Waals surface area (Å²) in [7, 11) is 1.68. The molecule has 0 amide bonds. The first-order valence-corrected chi connectivity index (χ1v) is 6.84. The van der Waals surface area contributed by atoms with E-state index in [4.69, 9.17) is 16.3 Å². The summed E-state index contributed by atoms with van der Waals surface area (Å²) in [5, 5.41) is 0. The summed E-state index contributed by atoms with van der Waals surface area (Å²) in [5.41, 5.74) is 2.23. The summed E-state index contributed by atoms with van der Waals surface area (Å²) in [5.74, 6) is 1.14. The first-order chi connectivity index (χ1) is 9.06. The molecule has 2 rings (SSSR count). The maximum atomic E-state index is 13.6. The molecule has 0 radical (unpaired) electrons. The zero-order valence-corrected chi connectivity index (χ0v) is 12.2. The van der Waals surface area contributed by atoms with Crippen LogP contribution in [0.5, 0.6) is 0 Å². The van der Waals surface area contributed by atoms with E-state index in [0.717, 1.165) is 11.3 Å². The van der Waals surface area contributed by atoms with E-state index >= 15 is 0 Å². The van der Waals surface area contributed by atoms with Crippen LogP contribution in [0.15, 0.2) is 12.1 Å². The van der Waals surface area contributed by atoms with Crippen LogP contribution in [0.25, 0.3) is 11.0 Å². The van der Waals surface area contributed by atoms with E-state index in [2.05, 4.69) is 9.55 Å². The fourth-order valence-electron chi connectivity index (χ4n) is 2.11. The van der Waals surface area contributed by atoms with Gasteiger partial charge in [-0.15, -0.1) is 11.6 Å². The summed E-state index contributed by atoms with van der Waals surface area (Å²) in [6.07, 6.45) is 0.727. The van der Waals surface area contributed by atoms with Gasteiger partial charge in [-0.25, -0.2) is 9.37 Å². The van der Waals surface area contributed by atoms with E-state index in [0.29, 0.717) is 29.9 Å². The molecule has 19 heavy (non-hydrogen) atoms. The Hall–Kier alpha value is -1.13. The van der Waals surface area contributed by atoms with Crippen LogP contribution in [0, 0.1) is 12.7 Å². The first kappa shape index (κ1) is 14.3. The van der Waals surface area contributed by atoms with Crippen LogP contribution in [-0.4, -0.2) is 28.6 Å². The summed E-state index contributed by atoms with van der Waals surface area (Å²) in [6, 6.07) is 3.31. The number of ether oxygens (including phenoxy) is 1. The molecule has 104 valence electrons. The van der Waals surface area contributed by atoms with Gasteiger partial charge in [0.15, 0.2) is 0 Å². The predicted octanol–water partition coefficient (Wildman–Crippen LogP) is 3.30. The van der Waals surface area contributed by atoms with Gasteiger partial charge < -0.3 is 9.30 Å². The van der Waals surface area contributed by atoms with Crippen molar-refractivity contribution in [3.05, 3.63) is 29.3 Å². The van der Waals surface area contributed by atoms with Gasteiger partial charge in [0.25, 0.3) is 0 Å². The fraction of sp³-hybridized carbons (Fsp3) is 0.500. The van der Waals surface area contributed by atoms with Crippen LogP contribution >= 0.6 is 11.6 Å². The summed E-state index contributed by atoms with van der Waals surface area (Å²) < 4.78 is 21.0. The van der Waals surface area contributed by atoms with E-state index in [1.165, 1.54) is 6.07 Å². The highest BCUT2D eigenvalue weighted by molar-refractivity contribution is 6.17. The molecule has 0 saturated carbocycles. The lowest BCUT2D eigenvalue weighted by atomic mass is 10.2. The van der Waals surface area contributed by atoms with Gasteiger partial charge in [0, 0.05) is 25.5 Å². The van der Waals surface area contributed by atoms with Gasteiger partial charge in [-0.1, -0.05) is 0 Å². The van der Waals surface area contributed by atoms with E-state index in [9.17, 15) is 4.39 Å². The van der Waals surface area contributed by atoms with Crippen molar-refractivity contribution >= 4 is 22.6 Å². The van der Waals surface area contributed by atoms with Gasteiger partial charge in [-0.3, -0.25) is 0 Å². The van der Waals surface area contributed by atoms with Gasteiger partial charge in [0.05, 0.1) is 23.7 Å². The number of hydrogen-bond donors (Lipinski definition) is 0. The number of alkyl halides is 1. The number of halogens is 2. The Bertz CT molecular complexity index is 582. The highest BCUT2D eigenvalue weighted by Gasteiger charge is 2.14. The van der Waals surface area contributed by atoms with Crippen LogP contribution in [0.3, 0.4) is 0 Å². The van der Waals surface area contributed by atoms with Crippen LogP contribution in [0.1, 0.15) is 18.3 Å². The third kappa shape index (κ3) is 2.90. The molecule has 1 atom stereocenters. The summed E-state index contributed by atoms with van der Waals surface area (Å²) in [4.78, 5) is 4.47. The molecule has 0 aliphatic rings. The van der Waals surface area contributed by atoms with Crippen molar-refractivity contribution in [1.29, 1.82) is 0 Å². The number of fused-ring (bicyclic) bond motifs is 1.